The van der Waals surface area contributed by atoms with Crippen LogP contribution < -0.4 is 4.72 Å². The van der Waals surface area contributed by atoms with E-state index in [1.807, 2.05) is 19.1 Å². The number of hydrogen-bond donors (Lipinski definition) is 1. The van der Waals surface area contributed by atoms with Gasteiger partial charge in [0.05, 0.1) is 16.5 Å². The van der Waals surface area contributed by atoms with Gasteiger partial charge in [0.25, 0.3) is 15.9 Å². The Morgan fingerprint density at radius 2 is 1.77 bits per heavy atom. The molecule has 0 aliphatic heterocycles. The minimum absolute atomic E-state index is 0.00901. The number of rotatable bonds is 6. The lowest BCUT2D eigenvalue weighted by Crippen LogP contribution is -2.26. The predicted octanol–water partition coefficient (Wildman–Crippen LogP) is 3.94. The largest absolute Gasteiger partial charge is 0.337 e. The van der Waals surface area contributed by atoms with Gasteiger partial charge in [-0.05, 0) is 60.5 Å². The van der Waals surface area contributed by atoms with Crippen LogP contribution in [0.1, 0.15) is 27.0 Å². The zero-order chi connectivity index (χ0) is 21.7. The lowest BCUT2D eigenvalue weighted by molar-refractivity contribution is 0.0785. The van der Waals surface area contributed by atoms with Gasteiger partial charge in [0.1, 0.15) is 0 Å². The SMILES string of the molecule is Cc1cccc(NS(=O)(=O)c2cccc(C(=O)N(C)Cc3cccc(C#N)c3)c2)c1. The van der Waals surface area contributed by atoms with E-state index in [1.54, 1.807) is 55.6 Å². The topological polar surface area (TPSA) is 90.3 Å². The van der Waals surface area contributed by atoms with Crippen LogP contribution in [0, 0.1) is 18.3 Å². The van der Waals surface area contributed by atoms with Gasteiger partial charge in [-0.25, -0.2) is 8.42 Å². The van der Waals surface area contributed by atoms with Crippen LogP contribution in [0.15, 0.2) is 77.7 Å². The maximum Gasteiger partial charge on any atom is 0.261 e. The van der Waals surface area contributed by atoms with E-state index in [9.17, 15) is 13.2 Å². The molecule has 0 unspecified atom stereocenters. The van der Waals surface area contributed by atoms with Crippen LogP contribution in [0.2, 0.25) is 0 Å². The Hall–Kier alpha value is -3.63. The van der Waals surface area contributed by atoms with E-state index in [1.165, 1.54) is 17.0 Å². The van der Waals surface area contributed by atoms with Crippen LogP contribution in [0.25, 0.3) is 0 Å². The van der Waals surface area contributed by atoms with Crippen molar-refractivity contribution in [1.82, 2.24) is 4.90 Å². The third-order valence-electron chi connectivity index (χ3n) is 4.48. The van der Waals surface area contributed by atoms with Gasteiger partial charge in [-0.3, -0.25) is 9.52 Å². The van der Waals surface area contributed by atoms with Crippen molar-refractivity contribution >= 4 is 21.6 Å². The highest BCUT2D eigenvalue weighted by atomic mass is 32.2. The standard InChI is InChI=1S/C23H21N3O3S/c1-17-6-3-10-21(12-17)25-30(28,29)22-11-5-9-20(14-22)23(27)26(2)16-19-8-4-7-18(13-19)15-24/h3-14,25H,16H2,1-2H3. The zero-order valence-corrected chi connectivity index (χ0v) is 17.5. The van der Waals surface area contributed by atoms with Gasteiger partial charge in [0, 0.05) is 24.8 Å². The van der Waals surface area contributed by atoms with Gasteiger partial charge in [0.2, 0.25) is 0 Å². The number of nitrogens with one attached hydrogen (secondary N) is 1. The maximum absolute atomic E-state index is 12.8. The fraction of sp³-hybridized carbons (Fsp3) is 0.130. The van der Waals surface area contributed by atoms with Gasteiger partial charge < -0.3 is 4.90 Å². The Morgan fingerprint density at radius 3 is 2.50 bits per heavy atom. The summed E-state index contributed by atoms with van der Waals surface area (Å²) < 4.78 is 28.0. The predicted molar refractivity (Wildman–Crippen MR) is 115 cm³/mol. The Bertz CT molecular complexity index is 1230. The summed E-state index contributed by atoms with van der Waals surface area (Å²) in [5, 5.41) is 9.02. The molecular formula is C23H21N3O3S. The lowest BCUT2D eigenvalue weighted by Gasteiger charge is -2.18. The molecule has 6 nitrogen and oxygen atoms in total. The number of amides is 1. The van der Waals surface area contributed by atoms with Crippen LogP contribution in [0.5, 0.6) is 0 Å². The summed E-state index contributed by atoms with van der Waals surface area (Å²) in [6.07, 6.45) is 0. The van der Waals surface area contributed by atoms with Gasteiger partial charge in [-0.15, -0.1) is 0 Å². The summed E-state index contributed by atoms with van der Waals surface area (Å²) in [7, 11) is -2.20. The molecule has 1 amide bonds. The fourth-order valence-electron chi connectivity index (χ4n) is 3.02. The molecule has 0 saturated heterocycles. The van der Waals surface area contributed by atoms with Crippen LogP contribution in [0.3, 0.4) is 0 Å². The van der Waals surface area contributed by atoms with Crippen molar-refractivity contribution in [2.75, 3.05) is 11.8 Å². The van der Waals surface area contributed by atoms with Gasteiger partial charge in [0.15, 0.2) is 0 Å². The van der Waals surface area contributed by atoms with Crippen LogP contribution in [0.4, 0.5) is 5.69 Å². The Labute approximate surface area is 176 Å². The molecule has 30 heavy (non-hydrogen) atoms. The molecule has 1 N–H and O–H groups in total. The van der Waals surface area contributed by atoms with Gasteiger partial charge in [-0.1, -0.05) is 30.3 Å². The molecule has 3 aromatic carbocycles. The van der Waals surface area contributed by atoms with Gasteiger partial charge >= 0.3 is 0 Å². The van der Waals surface area contributed by atoms with Crippen molar-refractivity contribution in [3.05, 3.63) is 95.1 Å². The summed E-state index contributed by atoms with van der Waals surface area (Å²) in [5.41, 5.74) is 2.99. The van der Waals surface area contributed by atoms with E-state index in [2.05, 4.69) is 10.8 Å². The Kier molecular flexibility index (Phi) is 6.19. The molecule has 0 radical (unpaired) electrons. The molecule has 7 heteroatoms. The Balaban J connectivity index is 1.79. The summed E-state index contributed by atoms with van der Waals surface area (Å²) in [6.45, 7) is 2.17. The molecule has 0 bridgehead atoms. The second kappa shape index (κ2) is 8.80. The number of nitrogens with zero attached hydrogens (tertiary/aromatic N) is 2. The first-order valence-electron chi connectivity index (χ1n) is 9.22. The molecule has 0 saturated carbocycles. The van der Waals surface area contributed by atoms with E-state index >= 15 is 0 Å². The number of nitriles is 1. The highest BCUT2D eigenvalue weighted by molar-refractivity contribution is 7.92. The minimum Gasteiger partial charge on any atom is -0.337 e. The molecule has 0 atom stereocenters. The number of aryl methyl sites for hydroxylation is 1. The molecule has 0 aliphatic rings. The van der Waals surface area contributed by atoms with Gasteiger partial charge in [-0.2, -0.15) is 5.26 Å². The Morgan fingerprint density at radius 1 is 1.03 bits per heavy atom. The van der Waals surface area contributed by atoms with E-state index in [4.69, 9.17) is 5.26 Å². The smallest absolute Gasteiger partial charge is 0.261 e. The first-order valence-corrected chi connectivity index (χ1v) is 10.7. The molecule has 0 spiro atoms. The molecular weight excluding hydrogens is 398 g/mol. The van der Waals surface area contributed by atoms with Crippen LogP contribution in [-0.2, 0) is 16.6 Å². The average Bonchev–Trinajstić information content (AvgIpc) is 2.73. The van der Waals surface area contributed by atoms with Crippen molar-refractivity contribution in [3.8, 4) is 6.07 Å². The molecule has 152 valence electrons. The number of carbonyl (C=O) groups excluding carboxylic acids is 1. The number of sulfonamides is 1. The number of anilines is 1. The molecule has 0 heterocycles. The molecule has 0 aliphatic carbocycles. The number of carbonyl (C=O) groups is 1. The lowest BCUT2D eigenvalue weighted by atomic mass is 10.1. The maximum atomic E-state index is 12.8. The highest BCUT2D eigenvalue weighted by Crippen LogP contribution is 2.19. The third kappa shape index (κ3) is 5.04. The van der Waals surface area contributed by atoms with Crippen molar-refractivity contribution < 1.29 is 13.2 Å². The summed E-state index contributed by atoms with van der Waals surface area (Å²) >= 11 is 0. The summed E-state index contributed by atoms with van der Waals surface area (Å²) in [4.78, 5) is 14.3. The first-order chi connectivity index (χ1) is 14.3. The third-order valence-corrected chi connectivity index (χ3v) is 5.86. The van der Waals surface area contributed by atoms with E-state index in [0.29, 0.717) is 17.8 Å². The molecule has 0 fully saturated rings. The second-order valence-electron chi connectivity index (χ2n) is 6.98. The fourth-order valence-corrected chi connectivity index (χ4v) is 4.12. The zero-order valence-electron chi connectivity index (χ0n) is 16.7. The van der Waals surface area contributed by atoms with Crippen molar-refractivity contribution in [2.45, 2.75) is 18.4 Å². The summed E-state index contributed by atoms with van der Waals surface area (Å²) in [6, 6.07) is 22.1. The minimum atomic E-state index is -3.84. The second-order valence-corrected chi connectivity index (χ2v) is 8.66. The number of benzene rings is 3. The normalized spacial score (nSPS) is 10.8. The molecule has 3 rings (SSSR count). The van der Waals surface area contributed by atoms with Crippen molar-refractivity contribution in [1.29, 1.82) is 5.26 Å². The van der Waals surface area contributed by atoms with Crippen molar-refractivity contribution in [2.24, 2.45) is 0 Å². The highest BCUT2D eigenvalue weighted by Gasteiger charge is 2.18. The average molecular weight is 420 g/mol. The van der Waals surface area contributed by atoms with Crippen LogP contribution >= 0.6 is 0 Å². The first kappa shape index (κ1) is 21.1. The van der Waals surface area contributed by atoms with Crippen LogP contribution in [-0.4, -0.2) is 26.3 Å². The molecule has 0 aromatic heterocycles. The number of hydrogen-bond acceptors (Lipinski definition) is 4. The quantitative estimate of drug-likeness (QED) is 0.655. The molecule has 3 aromatic rings. The van der Waals surface area contributed by atoms with E-state index < -0.39 is 10.0 Å². The van der Waals surface area contributed by atoms with E-state index in [0.717, 1.165) is 11.1 Å². The van der Waals surface area contributed by atoms with Crippen molar-refractivity contribution in [3.63, 3.8) is 0 Å². The monoisotopic (exact) mass is 419 g/mol. The van der Waals surface area contributed by atoms with E-state index in [-0.39, 0.29) is 16.4 Å². The summed E-state index contributed by atoms with van der Waals surface area (Å²) in [5.74, 6) is -0.315.